The first-order valence-electron chi connectivity index (χ1n) is 2.64. The lowest BCUT2D eigenvalue weighted by Crippen LogP contribution is -2.01. The van der Waals surface area contributed by atoms with Gasteiger partial charge in [0.2, 0.25) is 0 Å². The smallest absolute Gasteiger partial charge is 0.0723 e. The van der Waals surface area contributed by atoms with Crippen molar-refractivity contribution < 1.29 is 0 Å². The van der Waals surface area contributed by atoms with Crippen LogP contribution in [0.25, 0.3) is 0 Å². The minimum atomic E-state index is 0.124. The highest BCUT2D eigenvalue weighted by Gasteiger charge is 2.01. The summed E-state index contributed by atoms with van der Waals surface area (Å²) in [6, 6.07) is 0. The Hall–Kier alpha value is -0.300. The standard InChI is InChI=1S/C6H8ClN/c1-5-2-3-6(7)4-8-5/h2,4,6H,3H2,1H3. The molecule has 1 aliphatic rings. The van der Waals surface area contributed by atoms with E-state index in [2.05, 4.69) is 4.99 Å². The summed E-state index contributed by atoms with van der Waals surface area (Å²) in [6.07, 6.45) is 4.74. The third kappa shape index (κ3) is 1.34. The van der Waals surface area contributed by atoms with E-state index in [-0.39, 0.29) is 5.38 Å². The molecule has 0 aromatic rings. The number of hydrogen-bond donors (Lipinski definition) is 0. The summed E-state index contributed by atoms with van der Waals surface area (Å²) in [4.78, 5) is 4.02. The third-order valence-electron chi connectivity index (χ3n) is 1.08. The molecule has 44 valence electrons. The molecular weight excluding hydrogens is 122 g/mol. The third-order valence-corrected chi connectivity index (χ3v) is 1.37. The topological polar surface area (TPSA) is 12.4 Å². The Morgan fingerprint density at radius 2 is 2.62 bits per heavy atom. The quantitative estimate of drug-likeness (QED) is 0.444. The van der Waals surface area contributed by atoms with Crippen molar-refractivity contribution in [1.29, 1.82) is 0 Å². The number of hydrogen-bond acceptors (Lipinski definition) is 1. The highest BCUT2D eigenvalue weighted by atomic mass is 35.5. The second kappa shape index (κ2) is 2.31. The molecule has 0 fully saturated rings. The summed E-state index contributed by atoms with van der Waals surface area (Å²) >= 11 is 5.69. The minimum absolute atomic E-state index is 0.124. The van der Waals surface area contributed by atoms with Crippen molar-refractivity contribution in [2.75, 3.05) is 0 Å². The van der Waals surface area contributed by atoms with E-state index in [1.165, 1.54) is 0 Å². The predicted molar refractivity (Wildman–Crippen MR) is 36.5 cm³/mol. The van der Waals surface area contributed by atoms with E-state index < -0.39 is 0 Å². The fourth-order valence-corrected chi connectivity index (χ4v) is 0.741. The van der Waals surface area contributed by atoms with Crippen LogP contribution in [-0.4, -0.2) is 11.6 Å². The van der Waals surface area contributed by atoms with Crippen LogP contribution in [0.1, 0.15) is 13.3 Å². The van der Waals surface area contributed by atoms with Crippen LogP contribution in [0.15, 0.2) is 16.8 Å². The van der Waals surface area contributed by atoms with E-state index in [1.807, 2.05) is 13.0 Å². The molecule has 1 heterocycles. The molecule has 1 atom stereocenters. The van der Waals surface area contributed by atoms with Gasteiger partial charge in [-0.25, -0.2) is 0 Å². The average molecular weight is 130 g/mol. The van der Waals surface area contributed by atoms with Gasteiger partial charge in [-0.3, -0.25) is 4.99 Å². The summed E-state index contributed by atoms with van der Waals surface area (Å²) in [7, 11) is 0. The fraction of sp³-hybridized carbons (Fsp3) is 0.500. The van der Waals surface area contributed by atoms with Gasteiger partial charge in [-0.2, -0.15) is 0 Å². The molecule has 1 rings (SSSR count). The van der Waals surface area contributed by atoms with Crippen molar-refractivity contribution in [2.45, 2.75) is 18.7 Å². The molecule has 1 nitrogen and oxygen atoms in total. The van der Waals surface area contributed by atoms with Gasteiger partial charge in [-0.1, -0.05) is 6.08 Å². The fourth-order valence-electron chi connectivity index (χ4n) is 0.595. The molecule has 1 unspecified atom stereocenters. The molecule has 0 N–H and O–H groups in total. The molecule has 0 bridgehead atoms. The zero-order valence-electron chi connectivity index (χ0n) is 4.76. The maximum atomic E-state index is 5.69. The van der Waals surface area contributed by atoms with Gasteiger partial charge in [-0.15, -0.1) is 11.6 Å². The molecule has 0 aliphatic carbocycles. The van der Waals surface area contributed by atoms with Gasteiger partial charge in [0.1, 0.15) is 0 Å². The molecule has 0 aromatic heterocycles. The zero-order chi connectivity index (χ0) is 5.98. The molecule has 1 aliphatic heterocycles. The lowest BCUT2D eigenvalue weighted by molar-refractivity contribution is 1.05. The van der Waals surface area contributed by atoms with Crippen LogP contribution in [0.3, 0.4) is 0 Å². The normalized spacial score (nSPS) is 27.8. The van der Waals surface area contributed by atoms with E-state index in [1.54, 1.807) is 6.21 Å². The number of rotatable bonds is 0. The van der Waals surface area contributed by atoms with Crippen LogP contribution in [0.2, 0.25) is 0 Å². The summed E-state index contributed by atoms with van der Waals surface area (Å²) in [5.74, 6) is 0. The summed E-state index contributed by atoms with van der Waals surface area (Å²) < 4.78 is 0. The van der Waals surface area contributed by atoms with E-state index in [4.69, 9.17) is 11.6 Å². The second-order valence-corrected chi connectivity index (χ2v) is 2.44. The van der Waals surface area contributed by atoms with Gasteiger partial charge in [0.15, 0.2) is 0 Å². The highest BCUT2D eigenvalue weighted by molar-refractivity contribution is 6.28. The Balaban J connectivity index is 2.58. The second-order valence-electron chi connectivity index (χ2n) is 1.88. The number of allylic oxidation sites excluding steroid dienone is 2. The van der Waals surface area contributed by atoms with E-state index >= 15 is 0 Å². The van der Waals surface area contributed by atoms with Crippen LogP contribution >= 0.6 is 11.6 Å². The van der Waals surface area contributed by atoms with Gasteiger partial charge < -0.3 is 0 Å². The lowest BCUT2D eigenvalue weighted by atomic mass is 10.2. The molecular formula is C6H8ClN. The van der Waals surface area contributed by atoms with E-state index in [0.717, 1.165) is 12.1 Å². The largest absolute Gasteiger partial charge is 0.265 e. The molecule has 0 amide bonds. The van der Waals surface area contributed by atoms with Gasteiger partial charge in [0.25, 0.3) is 0 Å². The molecule has 0 spiro atoms. The maximum absolute atomic E-state index is 5.69. The molecule has 0 radical (unpaired) electrons. The Kier molecular flexibility index (Phi) is 1.69. The summed E-state index contributed by atoms with van der Waals surface area (Å²) in [5.41, 5.74) is 1.07. The van der Waals surface area contributed by atoms with Crippen LogP contribution in [0.4, 0.5) is 0 Å². The Morgan fingerprint density at radius 1 is 1.88 bits per heavy atom. The average Bonchev–Trinajstić information content (AvgIpc) is 1.77. The van der Waals surface area contributed by atoms with Crippen LogP contribution < -0.4 is 0 Å². The molecule has 0 saturated carbocycles. The van der Waals surface area contributed by atoms with Gasteiger partial charge in [0.05, 0.1) is 5.38 Å². The number of halogens is 1. The molecule has 8 heavy (non-hydrogen) atoms. The van der Waals surface area contributed by atoms with Crippen molar-refractivity contribution in [3.05, 3.63) is 11.8 Å². The van der Waals surface area contributed by atoms with Crippen molar-refractivity contribution in [1.82, 2.24) is 0 Å². The Morgan fingerprint density at radius 3 is 3.00 bits per heavy atom. The van der Waals surface area contributed by atoms with Crippen LogP contribution in [0.5, 0.6) is 0 Å². The zero-order valence-corrected chi connectivity index (χ0v) is 5.52. The summed E-state index contributed by atoms with van der Waals surface area (Å²) in [5, 5.41) is 0.124. The van der Waals surface area contributed by atoms with Crippen molar-refractivity contribution in [3.63, 3.8) is 0 Å². The Labute approximate surface area is 54.1 Å². The molecule has 0 saturated heterocycles. The maximum Gasteiger partial charge on any atom is 0.0723 e. The molecule has 2 heteroatoms. The highest BCUT2D eigenvalue weighted by Crippen LogP contribution is 2.09. The molecule has 0 aromatic carbocycles. The minimum Gasteiger partial charge on any atom is -0.265 e. The van der Waals surface area contributed by atoms with E-state index in [9.17, 15) is 0 Å². The predicted octanol–water partition coefficient (Wildman–Crippen LogP) is 1.97. The monoisotopic (exact) mass is 129 g/mol. The van der Waals surface area contributed by atoms with Gasteiger partial charge in [-0.05, 0) is 13.3 Å². The SMILES string of the molecule is CC1=CCC(Cl)C=N1. The number of alkyl halides is 1. The number of nitrogens with zero attached hydrogens (tertiary/aromatic N) is 1. The first kappa shape index (κ1) is 5.83. The number of aliphatic imine (C=N–C) groups is 1. The van der Waals surface area contributed by atoms with Crippen molar-refractivity contribution in [2.24, 2.45) is 4.99 Å². The van der Waals surface area contributed by atoms with Gasteiger partial charge in [0, 0.05) is 11.9 Å². The van der Waals surface area contributed by atoms with Crippen molar-refractivity contribution in [3.8, 4) is 0 Å². The lowest BCUT2D eigenvalue weighted by Gasteiger charge is -2.03. The first-order valence-corrected chi connectivity index (χ1v) is 3.07. The van der Waals surface area contributed by atoms with E-state index in [0.29, 0.717) is 0 Å². The van der Waals surface area contributed by atoms with Crippen LogP contribution in [0, 0.1) is 0 Å². The first-order chi connectivity index (χ1) is 3.79. The Bertz CT molecular complexity index is 137. The van der Waals surface area contributed by atoms with Gasteiger partial charge >= 0.3 is 0 Å². The van der Waals surface area contributed by atoms with Crippen LogP contribution in [-0.2, 0) is 0 Å². The summed E-state index contributed by atoms with van der Waals surface area (Å²) in [6.45, 7) is 1.97. The van der Waals surface area contributed by atoms with Crippen molar-refractivity contribution >= 4 is 17.8 Å².